The molecule has 0 bridgehead atoms. The van der Waals surface area contributed by atoms with Crippen molar-refractivity contribution in [3.8, 4) is 0 Å². The van der Waals surface area contributed by atoms with Crippen LogP contribution in [-0.2, 0) is 0 Å². The molecule has 2 aliphatic rings. The van der Waals surface area contributed by atoms with Gasteiger partial charge < -0.3 is 5.32 Å². The average molecular weight is 257 g/mol. The van der Waals surface area contributed by atoms with Crippen LogP contribution in [0.15, 0.2) is 30.3 Å². The molecule has 0 spiro atoms. The van der Waals surface area contributed by atoms with Gasteiger partial charge in [-0.25, -0.2) is 0 Å². The highest BCUT2D eigenvalue weighted by Crippen LogP contribution is 2.55. The summed E-state index contributed by atoms with van der Waals surface area (Å²) in [7, 11) is 2.17. The van der Waals surface area contributed by atoms with E-state index in [-0.39, 0.29) is 0 Å². The van der Waals surface area contributed by atoms with Crippen LogP contribution in [0.25, 0.3) is 0 Å². The van der Waals surface area contributed by atoms with Crippen LogP contribution in [0, 0.1) is 17.3 Å². The molecule has 0 amide bonds. The van der Waals surface area contributed by atoms with E-state index in [2.05, 4.69) is 56.5 Å². The fourth-order valence-electron chi connectivity index (χ4n) is 4.43. The third kappa shape index (κ3) is 2.45. The lowest BCUT2D eigenvalue weighted by molar-refractivity contribution is 0.186. The molecule has 0 aliphatic heterocycles. The summed E-state index contributed by atoms with van der Waals surface area (Å²) in [6, 6.07) is 11.8. The highest BCUT2D eigenvalue weighted by Gasteiger charge is 2.50. The Morgan fingerprint density at radius 1 is 1.21 bits per heavy atom. The molecule has 1 aromatic rings. The summed E-state index contributed by atoms with van der Waals surface area (Å²) >= 11 is 0. The molecule has 2 saturated carbocycles. The lowest BCUT2D eigenvalue weighted by Crippen LogP contribution is -2.40. The van der Waals surface area contributed by atoms with Gasteiger partial charge in [0.2, 0.25) is 0 Å². The van der Waals surface area contributed by atoms with Crippen molar-refractivity contribution in [3.63, 3.8) is 0 Å². The highest BCUT2D eigenvalue weighted by atomic mass is 14.9. The van der Waals surface area contributed by atoms with Crippen LogP contribution in [0.4, 0.5) is 0 Å². The highest BCUT2D eigenvalue weighted by molar-refractivity contribution is 5.27. The number of rotatable bonds is 4. The Balaban J connectivity index is 1.72. The van der Waals surface area contributed by atoms with E-state index < -0.39 is 0 Å². The number of hydrogen-bond acceptors (Lipinski definition) is 1. The van der Waals surface area contributed by atoms with Gasteiger partial charge in [0.15, 0.2) is 0 Å². The maximum absolute atomic E-state index is 3.66. The van der Waals surface area contributed by atoms with Gasteiger partial charge in [-0.05, 0) is 55.0 Å². The molecule has 0 aromatic heterocycles. The van der Waals surface area contributed by atoms with Crippen LogP contribution in [0.3, 0.4) is 0 Å². The summed E-state index contributed by atoms with van der Waals surface area (Å²) in [5.41, 5.74) is 2.07. The van der Waals surface area contributed by atoms with E-state index in [1.807, 2.05) is 0 Å². The molecule has 0 heterocycles. The van der Waals surface area contributed by atoms with E-state index in [0.29, 0.717) is 11.5 Å². The molecule has 4 atom stereocenters. The number of hydrogen-bond donors (Lipinski definition) is 1. The minimum atomic E-state index is 0.525. The zero-order valence-corrected chi connectivity index (χ0v) is 12.5. The maximum Gasteiger partial charge on any atom is 0.0132 e. The Bertz CT molecular complexity index is 423. The van der Waals surface area contributed by atoms with Crippen LogP contribution in [0.5, 0.6) is 0 Å². The monoisotopic (exact) mass is 257 g/mol. The Morgan fingerprint density at radius 2 is 1.95 bits per heavy atom. The molecule has 1 aromatic carbocycles. The third-order valence-corrected chi connectivity index (χ3v) is 5.64. The van der Waals surface area contributed by atoms with Crippen molar-refractivity contribution in [2.45, 2.75) is 51.5 Å². The number of benzene rings is 1. The molecule has 2 aliphatic carbocycles. The normalized spacial score (nSPS) is 34.2. The summed E-state index contributed by atoms with van der Waals surface area (Å²) in [6.07, 6.45) is 5.61. The van der Waals surface area contributed by atoms with Gasteiger partial charge in [0.1, 0.15) is 0 Å². The summed E-state index contributed by atoms with van der Waals surface area (Å²) in [5.74, 6) is 2.51. The standard InChI is InChI=1S/C18H27N/c1-18(2)11-7-10-16(18)17(19-3)15-12-14(15)13-8-5-4-6-9-13/h4-6,8-9,14-17,19H,7,10-12H2,1-3H3. The SMILES string of the molecule is CNC(C1CC1c1ccccc1)C1CCCC1(C)C. The lowest BCUT2D eigenvalue weighted by Gasteiger charge is -2.34. The number of nitrogens with one attached hydrogen (secondary N) is 1. The van der Waals surface area contributed by atoms with E-state index in [9.17, 15) is 0 Å². The Hall–Kier alpha value is -0.820. The second-order valence-corrected chi connectivity index (χ2v) is 7.22. The van der Waals surface area contributed by atoms with Crippen LogP contribution < -0.4 is 5.32 Å². The van der Waals surface area contributed by atoms with Gasteiger partial charge in [-0.1, -0.05) is 50.6 Å². The van der Waals surface area contributed by atoms with Crippen molar-refractivity contribution in [2.24, 2.45) is 17.3 Å². The van der Waals surface area contributed by atoms with Crippen molar-refractivity contribution >= 4 is 0 Å². The topological polar surface area (TPSA) is 12.0 Å². The van der Waals surface area contributed by atoms with Gasteiger partial charge in [-0.2, -0.15) is 0 Å². The minimum absolute atomic E-state index is 0.525. The molecular weight excluding hydrogens is 230 g/mol. The fraction of sp³-hybridized carbons (Fsp3) is 0.667. The first-order valence-corrected chi connectivity index (χ1v) is 7.86. The van der Waals surface area contributed by atoms with Gasteiger partial charge in [-0.3, -0.25) is 0 Å². The fourth-order valence-corrected chi connectivity index (χ4v) is 4.43. The molecule has 0 radical (unpaired) electrons. The second-order valence-electron chi connectivity index (χ2n) is 7.22. The van der Waals surface area contributed by atoms with E-state index in [1.54, 1.807) is 5.56 Å². The van der Waals surface area contributed by atoms with Gasteiger partial charge in [0.25, 0.3) is 0 Å². The van der Waals surface area contributed by atoms with Crippen molar-refractivity contribution < 1.29 is 0 Å². The first-order chi connectivity index (χ1) is 9.13. The van der Waals surface area contributed by atoms with Crippen LogP contribution >= 0.6 is 0 Å². The Labute approximate surface area is 117 Å². The molecule has 2 fully saturated rings. The first kappa shape index (κ1) is 13.2. The minimum Gasteiger partial charge on any atom is -0.316 e. The quantitative estimate of drug-likeness (QED) is 0.852. The molecule has 1 nitrogen and oxygen atoms in total. The van der Waals surface area contributed by atoms with E-state index in [1.165, 1.54) is 25.7 Å². The molecular formula is C18H27N. The smallest absolute Gasteiger partial charge is 0.0132 e. The molecule has 19 heavy (non-hydrogen) atoms. The van der Waals surface area contributed by atoms with Gasteiger partial charge in [-0.15, -0.1) is 0 Å². The molecule has 4 unspecified atom stereocenters. The van der Waals surface area contributed by atoms with E-state index in [4.69, 9.17) is 0 Å². The molecule has 1 N–H and O–H groups in total. The Kier molecular flexibility index (Phi) is 3.42. The van der Waals surface area contributed by atoms with Crippen molar-refractivity contribution in [1.29, 1.82) is 0 Å². The van der Waals surface area contributed by atoms with Gasteiger partial charge in [0, 0.05) is 6.04 Å². The predicted octanol–water partition coefficient (Wildman–Crippen LogP) is 4.20. The van der Waals surface area contributed by atoms with Crippen molar-refractivity contribution in [2.75, 3.05) is 7.05 Å². The second kappa shape index (κ2) is 4.94. The largest absolute Gasteiger partial charge is 0.316 e. The summed E-state index contributed by atoms with van der Waals surface area (Å²) in [5, 5.41) is 3.66. The average Bonchev–Trinajstić information content (AvgIpc) is 3.11. The molecule has 0 saturated heterocycles. The van der Waals surface area contributed by atoms with Crippen LogP contribution in [-0.4, -0.2) is 13.1 Å². The van der Waals surface area contributed by atoms with Crippen molar-refractivity contribution in [3.05, 3.63) is 35.9 Å². The Morgan fingerprint density at radius 3 is 2.53 bits per heavy atom. The summed E-state index contributed by atoms with van der Waals surface area (Å²) < 4.78 is 0. The molecule has 1 heteroatoms. The molecule has 104 valence electrons. The molecule has 3 rings (SSSR count). The van der Waals surface area contributed by atoms with Crippen LogP contribution in [0.2, 0.25) is 0 Å². The lowest BCUT2D eigenvalue weighted by atomic mass is 9.75. The van der Waals surface area contributed by atoms with E-state index in [0.717, 1.165) is 17.8 Å². The summed E-state index contributed by atoms with van der Waals surface area (Å²) in [4.78, 5) is 0. The first-order valence-electron chi connectivity index (χ1n) is 7.86. The van der Waals surface area contributed by atoms with Gasteiger partial charge >= 0.3 is 0 Å². The zero-order chi connectivity index (χ0) is 13.5. The predicted molar refractivity (Wildman–Crippen MR) is 81.3 cm³/mol. The summed E-state index contributed by atoms with van der Waals surface area (Å²) in [6.45, 7) is 4.93. The maximum atomic E-state index is 3.66. The van der Waals surface area contributed by atoms with E-state index >= 15 is 0 Å². The van der Waals surface area contributed by atoms with Crippen molar-refractivity contribution in [1.82, 2.24) is 5.32 Å². The van der Waals surface area contributed by atoms with Crippen LogP contribution in [0.1, 0.15) is 51.0 Å². The third-order valence-electron chi connectivity index (χ3n) is 5.64. The zero-order valence-electron chi connectivity index (χ0n) is 12.5. The van der Waals surface area contributed by atoms with Gasteiger partial charge in [0.05, 0.1) is 0 Å².